The predicted octanol–water partition coefficient (Wildman–Crippen LogP) is 2.17. The number of nitrogens with one attached hydrogen (secondary N) is 2. The van der Waals surface area contributed by atoms with Gasteiger partial charge in [-0.15, -0.1) is 0 Å². The van der Waals surface area contributed by atoms with E-state index in [2.05, 4.69) is 26.7 Å². The van der Waals surface area contributed by atoms with Gasteiger partial charge in [0.15, 0.2) is 0 Å². The molecule has 1 heterocycles. The van der Waals surface area contributed by atoms with Crippen molar-refractivity contribution in [3.8, 4) is 6.07 Å². The fourth-order valence-corrected chi connectivity index (χ4v) is 3.71. The summed E-state index contributed by atoms with van der Waals surface area (Å²) < 4.78 is 0. The highest BCUT2D eigenvalue weighted by atomic mass is 16.3. The Balaban J connectivity index is 1.68. The number of hydrogen-bond donors (Lipinski definition) is 4. The van der Waals surface area contributed by atoms with Crippen LogP contribution < -0.4 is 10.6 Å². The molecule has 0 amide bonds. The Hall–Kier alpha value is -1.91. The van der Waals surface area contributed by atoms with Crippen molar-refractivity contribution in [3.05, 3.63) is 11.8 Å². The Kier molecular flexibility index (Phi) is 6.05. The van der Waals surface area contributed by atoms with E-state index in [1.165, 1.54) is 0 Å². The maximum atomic E-state index is 9.99. The fraction of sp³-hybridized carbons (Fsp3) is 0.722. The summed E-state index contributed by atoms with van der Waals surface area (Å²) in [5.74, 6) is 1.05. The maximum absolute atomic E-state index is 9.99. The third-order valence-corrected chi connectivity index (χ3v) is 5.18. The first-order valence-corrected chi connectivity index (χ1v) is 9.30. The lowest BCUT2D eigenvalue weighted by atomic mass is 9.93. The number of aliphatic hydroxyl groups is 2. The zero-order valence-corrected chi connectivity index (χ0v) is 14.5. The third kappa shape index (κ3) is 5.03. The molecule has 7 heteroatoms. The summed E-state index contributed by atoms with van der Waals surface area (Å²) in [5.41, 5.74) is 0.420. The van der Waals surface area contributed by atoms with Gasteiger partial charge in [-0.3, -0.25) is 0 Å². The molecule has 25 heavy (non-hydrogen) atoms. The number of aromatic nitrogens is 2. The number of hydrogen-bond acceptors (Lipinski definition) is 7. The van der Waals surface area contributed by atoms with Crippen LogP contribution >= 0.6 is 0 Å². The van der Waals surface area contributed by atoms with Crippen LogP contribution in [0.3, 0.4) is 0 Å². The van der Waals surface area contributed by atoms with E-state index >= 15 is 0 Å². The molecule has 2 aliphatic rings. The van der Waals surface area contributed by atoms with Crippen LogP contribution in [0.25, 0.3) is 0 Å². The molecule has 0 radical (unpaired) electrons. The highest BCUT2D eigenvalue weighted by molar-refractivity contribution is 5.54. The Bertz CT molecular complexity index is 610. The molecule has 2 atom stereocenters. The van der Waals surface area contributed by atoms with Gasteiger partial charge in [0.05, 0.1) is 18.4 Å². The second-order valence-electron chi connectivity index (χ2n) is 7.23. The first kappa shape index (κ1) is 17.9. The van der Waals surface area contributed by atoms with Gasteiger partial charge in [0.2, 0.25) is 5.95 Å². The van der Waals surface area contributed by atoms with E-state index in [4.69, 9.17) is 0 Å². The molecule has 2 fully saturated rings. The minimum absolute atomic E-state index is 0.122. The van der Waals surface area contributed by atoms with Gasteiger partial charge < -0.3 is 20.8 Å². The van der Waals surface area contributed by atoms with E-state index in [0.717, 1.165) is 51.4 Å². The lowest BCUT2D eigenvalue weighted by molar-refractivity contribution is 0.126. The van der Waals surface area contributed by atoms with Crippen LogP contribution in [0.15, 0.2) is 6.20 Å². The zero-order valence-electron chi connectivity index (χ0n) is 14.5. The van der Waals surface area contributed by atoms with E-state index in [1.54, 1.807) is 6.20 Å². The lowest BCUT2D eigenvalue weighted by Crippen LogP contribution is -2.29. The van der Waals surface area contributed by atoms with Crippen molar-refractivity contribution in [2.75, 3.05) is 10.6 Å². The maximum Gasteiger partial charge on any atom is 0.224 e. The first-order valence-electron chi connectivity index (χ1n) is 9.30. The lowest BCUT2D eigenvalue weighted by Gasteiger charge is -2.26. The second-order valence-corrected chi connectivity index (χ2v) is 7.23. The number of nitriles is 1. The van der Waals surface area contributed by atoms with E-state index in [9.17, 15) is 15.5 Å². The monoisotopic (exact) mass is 345 g/mol. The van der Waals surface area contributed by atoms with Gasteiger partial charge in [-0.05, 0) is 44.9 Å². The molecule has 1 aromatic heterocycles. The van der Waals surface area contributed by atoms with E-state index < -0.39 is 0 Å². The fourth-order valence-electron chi connectivity index (χ4n) is 3.71. The van der Waals surface area contributed by atoms with Gasteiger partial charge in [0.1, 0.15) is 17.5 Å². The van der Waals surface area contributed by atoms with Crippen molar-refractivity contribution in [2.24, 2.45) is 0 Å². The van der Waals surface area contributed by atoms with Crippen molar-refractivity contribution < 1.29 is 10.2 Å². The first-order chi connectivity index (χ1) is 12.1. The summed E-state index contributed by atoms with van der Waals surface area (Å²) in [5, 5.41) is 35.6. The minimum Gasteiger partial charge on any atom is -0.393 e. The van der Waals surface area contributed by atoms with Crippen molar-refractivity contribution in [3.63, 3.8) is 0 Å². The molecule has 0 saturated heterocycles. The highest BCUT2D eigenvalue weighted by Gasteiger charge is 2.22. The molecule has 4 N–H and O–H groups in total. The summed E-state index contributed by atoms with van der Waals surface area (Å²) in [6, 6.07) is 2.51. The Morgan fingerprint density at radius 3 is 2.48 bits per heavy atom. The topological polar surface area (TPSA) is 114 Å². The summed E-state index contributed by atoms with van der Waals surface area (Å²) in [4.78, 5) is 8.76. The summed E-state index contributed by atoms with van der Waals surface area (Å²) in [6.45, 7) is 0. The van der Waals surface area contributed by atoms with Crippen molar-refractivity contribution >= 4 is 11.8 Å². The van der Waals surface area contributed by atoms with Gasteiger partial charge in [0.25, 0.3) is 0 Å². The van der Waals surface area contributed by atoms with Crippen LogP contribution in [0.2, 0.25) is 0 Å². The van der Waals surface area contributed by atoms with Crippen LogP contribution in [0.5, 0.6) is 0 Å². The van der Waals surface area contributed by atoms with Gasteiger partial charge in [-0.1, -0.05) is 12.8 Å². The molecule has 0 spiro atoms. The van der Waals surface area contributed by atoms with Crippen LogP contribution in [0, 0.1) is 11.3 Å². The van der Waals surface area contributed by atoms with E-state index in [0.29, 0.717) is 23.8 Å². The standard InChI is InChI=1S/C18H27N5O2/c19-10-12-11-20-18(22-13-5-7-15(24)8-6-13)23-17(12)21-14-3-1-2-4-16(25)9-14/h11,13-16,24-25H,1-9H2,(H2,20,21,22,23)/t13?,14-,15?,16+/m1/s1. The van der Waals surface area contributed by atoms with Gasteiger partial charge >= 0.3 is 0 Å². The minimum atomic E-state index is -0.293. The van der Waals surface area contributed by atoms with Gasteiger partial charge in [0, 0.05) is 12.1 Å². The Morgan fingerprint density at radius 1 is 0.960 bits per heavy atom. The number of anilines is 2. The highest BCUT2D eigenvalue weighted by Crippen LogP contribution is 2.24. The average Bonchev–Trinajstić information content (AvgIpc) is 2.81. The Morgan fingerprint density at radius 2 is 1.72 bits per heavy atom. The third-order valence-electron chi connectivity index (χ3n) is 5.18. The van der Waals surface area contributed by atoms with Crippen LogP contribution in [-0.4, -0.2) is 44.5 Å². The smallest absolute Gasteiger partial charge is 0.224 e. The van der Waals surface area contributed by atoms with E-state index in [1.807, 2.05) is 0 Å². The molecule has 2 saturated carbocycles. The number of nitrogens with zero attached hydrogens (tertiary/aromatic N) is 3. The summed E-state index contributed by atoms with van der Waals surface area (Å²) in [6.07, 6.45) is 9.01. The molecule has 7 nitrogen and oxygen atoms in total. The molecule has 0 aliphatic heterocycles. The molecular formula is C18H27N5O2. The zero-order chi connectivity index (χ0) is 17.6. The van der Waals surface area contributed by atoms with Gasteiger partial charge in [-0.2, -0.15) is 10.2 Å². The molecule has 1 aromatic rings. The van der Waals surface area contributed by atoms with Crippen LogP contribution in [-0.2, 0) is 0 Å². The molecule has 0 unspecified atom stereocenters. The van der Waals surface area contributed by atoms with Crippen LogP contribution in [0.4, 0.5) is 11.8 Å². The second kappa shape index (κ2) is 8.45. The normalized spacial score (nSPS) is 30.1. The van der Waals surface area contributed by atoms with Crippen LogP contribution in [0.1, 0.15) is 63.4 Å². The molecule has 2 aliphatic carbocycles. The molecule has 0 aromatic carbocycles. The predicted molar refractivity (Wildman–Crippen MR) is 95.1 cm³/mol. The van der Waals surface area contributed by atoms with Crippen molar-refractivity contribution in [1.82, 2.24) is 9.97 Å². The number of aliphatic hydroxyl groups excluding tert-OH is 2. The SMILES string of the molecule is N#Cc1cnc(NC2CCC(O)CC2)nc1N[C@@H]1CCCC[C@H](O)C1. The Labute approximate surface area is 148 Å². The quantitative estimate of drug-likeness (QED) is 0.618. The van der Waals surface area contributed by atoms with Crippen molar-refractivity contribution in [1.29, 1.82) is 5.26 Å². The summed E-state index contributed by atoms with van der Waals surface area (Å²) in [7, 11) is 0. The molecule has 0 bridgehead atoms. The molecular weight excluding hydrogens is 318 g/mol. The molecule has 136 valence electrons. The molecule has 3 rings (SSSR count). The van der Waals surface area contributed by atoms with Crippen molar-refractivity contribution in [2.45, 2.75) is 82.1 Å². The van der Waals surface area contributed by atoms with Gasteiger partial charge in [-0.25, -0.2) is 4.98 Å². The number of rotatable bonds is 4. The summed E-state index contributed by atoms with van der Waals surface area (Å²) >= 11 is 0. The largest absolute Gasteiger partial charge is 0.393 e. The average molecular weight is 345 g/mol. The van der Waals surface area contributed by atoms with E-state index in [-0.39, 0.29) is 24.3 Å².